The summed E-state index contributed by atoms with van der Waals surface area (Å²) < 4.78 is 11.3. The topological polar surface area (TPSA) is 30.5 Å². The summed E-state index contributed by atoms with van der Waals surface area (Å²) >= 11 is 0. The van der Waals surface area contributed by atoms with E-state index in [1.54, 1.807) is 0 Å². The lowest BCUT2D eigenvalue weighted by Gasteiger charge is -2.13. The fourth-order valence-electron chi connectivity index (χ4n) is 1.70. The molecule has 3 heteroatoms. The quantitative estimate of drug-likeness (QED) is 0.649. The second-order valence-electron chi connectivity index (χ2n) is 4.34. The van der Waals surface area contributed by atoms with E-state index in [9.17, 15) is 0 Å². The molecule has 102 valence electrons. The average Bonchev–Trinajstić information content (AvgIpc) is 2.41. The molecule has 18 heavy (non-hydrogen) atoms. The second kappa shape index (κ2) is 9.92. The van der Waals surface area contributed by atoms with Crippen LogP contribution >= 0.6 is 0 Å². The van der Waals surface area contributed by atoms with Gasteiger partial charge in [-0.05, 0) is 45.0 Å². The summed E-state index contributed by atoms with van der Waals surface area (Å²) in [4.78, 5) is 0. The van der Waals surface area contributed by atoms with E-state index < -0.39 is 0 Å². The van der Waals surface area contributed by atoms with Crippen molar-refractivity contribution in [3.05, 3.63) is 30.3 Å². The Morgan fingerprint density at radius 2 is 1.94 bits per heavy atom. The van der Waals surface area contributed by atoms with Crippen LogP contribution in [0.1, 0.15) is 26.7 Å². The van der Waals surface area contributed by atoms with Crippen molar-refractivity contribution in [3.63, 3.8) is 0 Å². The predicted molar refractivity (Wildman–Crippen MR) is 75.1 cm³/mol. The first-order chi connectivity index (χ1) is 8.83. The van der Waals surface area contributed by atoms with Gasteiger partial charge in [0.1, 0.15) is 12.4 Å². The fourth-order valence-corrected chi connectivity index (χ4v) is 1.70. The molecule has 1 rings (SSSR count). The van der Waals surface area contributed by atoms with Gasteiger partial charge in [0, 0.05) is 0 Å². The molecule has 0 saturated carbocycles. The van der Waals surface area contributed by atoms with Crippen LogP contribution in [-0.4, -0.2) is 32.4 Å². The van der Waals surface area contributed by atoms with Crippen LogP contribution in [0.2, 0.25) is 0 Å². The van der Waals surface area contributed by atoms with E-state index in [2.05, 4.69) is 19.2 Å². The average molecular weight is 251 g/mol. The molecule has 0 fully saturated rings. The van der Waals surface area contributed by atoms with Gasteiger partial charge in [0.15, 0.2) is 0 Å². The van der Waals surface area contributed by atoms with E-state index in [0.717, 1.165) is 31.7 Å². The summed E-state index contributed by atoms with van der Waals surface area (Å²) in [6.07, 6.45) is 2.57. The van der Waals surface area contributed by atoms with Gasteiger partial charge in [-0.3, -0.25) is 0 Å². The Morgan fingerprint density at radius 3 is 2.67 bits per heavy atom. The van der Waals surface area contributed by atoms with Crippen molar-refractivity contribution in [2.75, 3.05) is 26.3 Å². The van der Waals surface area contributed by atoms with E-state index in [0.29, 0.717) is 19.3 Å². The van der Waals surface area contributed by atoms with Crippen molar-refractivity contribution in [2.45, 2.75) is 32.8 Å². The molecule has 1 aromatic rings. The van der Waals surface area contributed by atoms with Gasteiger partial charge >= 0.3 is 0 Å². The summed E-state index contributed by atoms with van der Waals surface area (Å²) in [5.41, 5.74) is 0. The highest BCUT2D eigenvalue weighted by molar-refractivity contribution is 5.20. The lowest BCUT2D eigenvalue weighted by atomic mass is 10.2. The summed E-state index contributed by atoms with van der Waals surface area (Å²) in [6.45, 7) is 7.62. The van der Waals surface area contributed by atoms with Crippen molar-refractivity contribution < 1.29 is 9.47 Å². The molecule has 1 N–H and O–H groups in total. The van der Waals surface area contributed by atoms with Crippen LogP contribution in [-0.2, 0) is 4.74 Å². The first-order valence-electron chi connectivity index (χ1n) is 6.83. The molecule has 3 nitrogen and oxygen atoms in total. The van der Waals surface area contributed by atoms with Gasteiger partial charge in [-0.1, -0.05) is 25.1 Å². The van der Waals surface area contributed by atoms with E-state index in [4.69, 9.17) is 9.47 Å². The third kappa shape index (κ3) is 7.30. The van der Waals surface area contributed by atoms with Crippen molar-refractivity contribution in [1.29, 1.82) is 0 Å². The predicted octanol–water partition coefficient (Wildman–Crippen LogP) is 2.86. The minimum absolute atomic E-state index is 0.308. The van der Waals surface area contributed by atoms with Crippen LogP contribution in [0, 0.1) is 0 Å². The molecule has 0 spiro atoms. The minimum atomic E-state index is 0.308. The monoisotopic (exact) mass is 251 g/mol. The van der Waals surface area contributed by atoms with E-state index in [-0.39, 0.29) is 0 Å². The maximum Gasteiger partial charge on any atom is 0.119 e. The van der Waals surface area contributed by atoms with Crippen LogP contribution in [0.3, 0.4) is 0 Å². The molecule has 0 radical (unpaired) electrons. The SMILES string of the molecule is CCNCCCC(C)OCCOc1ccccc1. The first-order valence-corrected chi connectivity index (χ1v) is 6.83. The number of rotatable bonds is 10. The molecule has 0 saturated heterocycles. The van der Waals surface area contributed by atoms with Gasteiger partial charge in [0.25, 0.3) is 0 Å². The van der Waals surface area contributed by atoms with Gasteiger partial charge in [-0.15, -0.1) is 0 Å². The first kappa shape index (κ1) is 15.0. The molecule has 0 aliphatic carbocycles. The molecular weight excluding hydrogens is 226 g/mol. The van der Waals surface area contributed by atoms with E-state index in [1.807, 2.05) is 30.3 Å². The highest BCUT2D eigenvalue weighted by Gasteiger charge is 2.01. The number of benzene rings is 1. The number of hydrogen-bond acceptors (Lipinski definition) is 3. The maximum absolute atomic E-state index is 5.69. The number of nitrogens with one attached hydrogen (secondary N) is 1. The Kier molecular flexibility index (Phi) is 8.26. The van der Waals surface area contributed by atoms with Crippen molar-refractivity contribution >= 4 is 0 Å². The van der Waals surface area contributed by atoms with E-state index >= 15 is 0 Å². The third-order valence-electron chi connectivity index (χ3n) is 2.71. The molecule has 0 heterocycles. The molecule has 0 aromatic heterocycles. The molecule has 0 aliphatic rings. The lowest BCUT2D eigenvalue weighted by Crippen LogP contribution is -2.18. The second-order valence-corrected chi connectivity index (χ2v) is 4.34. The maximum atomic E-state index is 5.69. The van der Waals surface area contributed by atoms with Crippen LogP contribution in [0.15, 0.2) is 30.3 Å². The van der Waals surface area contributed by atoms with Gasteiger partial charge in [-0.25, -0.2) is 0 Å². The van der Waals surface area contributed by atoms with Gasteiger partial charge < -0.3 is 14.8 Å². The zero-order chi connectivity index (χ0) is 13.1. The molecule has 0 bridgehead atoms. The van der Waals surface area contributed by atoms with Crippen LogP contribution in [0.5, 0.6) is 5.75 Å². The van der Waals surface area contributed by atoms with Gasteiger partial charge in [0.05, 0.1) is 12.7 Å². The zero-order valence-corrected chi connectivity index (χ0v) is 11.5. The summed E-state index contributed by atoms with van der Waals surface area (Å²) in [5.74, 6) is 0.904. The number of hydrogen-bond donors (Lipinski definition) is 1. The lowest BCUT2D eigenvalue weighted by molar-refractivity contribution is 0.0389. The fraction of sp³-hybridized carbons (Fsp3) is 0.600. The summed E-state index contributed by atoms with van der Waals surface area (Å²) in [6, 6.07) is 9.84. The van der Waals surface area contributed by atoms with Gasteiger partial charge in [-0.2, -0.15) is 0 Å². The minimum Gasteiger partial charge on any atom is -0.491 e. The Bertz CT molecular complexity index is 290. The molecular formula is C15H25NO2. The molecule has 1 aromatic carbocycles. The van der Waals surface area contributed by atoms with Crippen LogP contribution in [0.25, 0.3) is 0 Å². The highest BCUT2D eigenvalue weighted by Crippen LogP contribution is 2.08. The van der Waals surface area contributed by atoms with E-state index in [1.165, 1.54) is 0 Å². The Hall–Kier alpha value is -1.06. The van der Waals surface area contributed by atoms with Gasteiger partial charge in [0.2, 0.25) is 0 Å². The zero-order valence-electron chi connectivity index (χ0n) is 11.5. The number of ether oxygens (including phenoxy) is 2. The Balaban J connectivity index is 1.97. The molecule has 0 amide bonds. The molecule has 0 aliphatic heterocycles. The largest absolute Gasteiger partial charge is 0.491 e. The number of para-hydroxylation sites is 1. The van der Waals surface area contributed by atoms with Crippen LogP contribution < -0.4 is 10.1 Å². The van der Waals surface area contributed by atoms with Crippen molar-refractivity contribution in [3.8, 4) is 5.75 Å². The summed E-state index contributed by atoms with van der Waals surface area (Å²) in [7, 11) is 0. The molecule has 1 unspecified atom stereocenters. The van der Waals surface area contributed by atoms with Crippen LogP contribution in [0.4, 0.5) is 0 Å². The smallest absolute Gasteiger partial charge is 0.119 e. The Morgan fingerprint density at radius 1 is 1.17 bits per heavy atom. The van der Waals surface area contributed by atoms with Crippen molar-refractivity contribution in [1.82, 2.24) is 5.32 Å². The summed E-state index contributed by atoms with van der Waals surface area (Å²) in [5, 5.41) is 3.31. The van der Waals surface area contributed by atoms with Crippen molar-refractivity contribution in [2.24, 2.45) is 0 Å². The standard InChI is InChI=1S/C15H25NO2/c1-3-16-11-7-8-14(2)17-12-13-18-15-9-5-4-6-10-15/h4-6,9-10,14,16H,3,7-8,11-13H2,1-2H3. The highest BCUT2D eigenvalue weighted by atomic mass is 16.5. The normalized spacial score (nSPS) is 12.3. The molecule has 1 atom stereocenters. The Labute approximate surface area is 110 Å². The third-order valence-corrected chi connectivity index (χ3v) is 2.71.